The zero-order valence-corrected chi connectivity index (χ0v) is 12.1. The Morgan fingerprint density at radius 2 is 2.33 bits per heavy atom. The number of hydrogen-bond acceptors (Lipinski definition) is 5. The van der Waals surface area contributed by atoms with Crippen LogP contribution in [0.15, 0.2) is 29.6 Å². The second-order valence-electron chi connectivity index (χ2n) is 5.37. The van der Waals surface area contributed by atoms with Gasteiger partial charge < -0.3 is 19.8 Å². The van der Waals surface area contributed by atoms with Crippen molar-refractivity contribution in [1.29, 1.82) is 0 Å². The first kappa shape index (κ1) is 13.8. The van der Waals surface area contributed by atoms with E-state index in [0.29, 0.717) is 18.4 Å². The smallest absolute Gasteiger partial charge is 0.293 e. The average Bonchev–Trinajstić information content (AvgIpc) is 3.02. The molecule has 0 bridgehead atoms. The van der Waals surface area contributed by atoms with Crippen LogP contribution in [-0.2, 0) is 13.6 Å². The van der Waals surface area contributed by atoms with E-state index in [1.807, 2.05) is 6.20 Å². The minimum atomic E-state index is -0.0378. The van der Waals surface area contributed by atoms with E-state index in [-0.39, 0.29) is 5.56 Å². The normalized spacial score (nSPS) is 18.9. The number of hydrogen-bond donors (Lipinski definition) is 2. The fourth-order valence-corrected chi connectivity index (χ4v) is 2.67. The first-order chi connectivity index (χ1) is 10.2. The van der Waals surface area contributed by atoms with Crippen molar-refractivity contribution in [2.45, 2.75) is 25.4 Å². The van der Waals surface area contributed by atoms with Crippen molar-refractivity contribution >= 4 is 5.82 Å². The SMILES string of the molecule is Cn1ccnc(N2CCCC(NCc3ncc[nH]3)C2)c1=O. The van der Waals surface area contributed by atoms with Gasteiger partial charge in [0.25, 0.3) is 5.56 Å². The molecule has 3 rings (SSSR count). The topological polar surface area (TPSA) is 78.8 Å². The summed E-state index contributed by atoms with van der Waals surface area (Å²) >= 11 is 0. The maximum Gasteiger partial charge on any atom is 0.293 e. The molecule has 1 aliphatic rings. The van der Waals surface area contributed by atoms with E-state index in [1.165, 1.54) is 0 Å². The molecule has 1 fully saturated rings. The van der Waals surface area contributed by atoms with Crippen LogP contribution in [0.4, 0.5) is 5.82 Å². The molecule has 7 heteroatoms. The molecule has 1 aliphatic heterocycles. The van der Waals surface area contributed by atoms with Gasteiger partial charge in [0.05, 0.1) is 6.54 Å². The van der Waals surface area contributed by atoms with E-state index in [9.17, 15) is 4.79 Å². The molecule has 2 aromatic rings. The van der Waals surface area contributed by atoms with Crippen molar-refractivity contribution in [3.05, 3.63) is 41.0 Å². The highest BCUT2D eigenvalue weighted by Gasteiger charge is 2.22. The number of nitrogens with one attached hydrogen (secondary N) is 2. The Morgan fingerprint density at radius 1 is 1.43 bits per heavy atom. The van der Waals surface area contributed by atoms with Gasteiger partial charge >= 0.3 is 0 Å². The fourth-order valence-electron chi connectivity index (χ4n) is 2.67. The summed E-state index contributed by atoms with van der Waals surface area (Å²) in [7, 11) is 1.75. The number of aromatic nitrogens is 4. The molecule has 1 unspecified atom stereocenters. The van der Waals surface area contributed by atoms with Crippen LogP contribution in [0.1, 0.15) is 18.7 Å². The largest absolute Gasteiger partial charge is 0.350 e. The highest BCUT2D eigenvalue weighted by atomic mass is 16.1. The van der Waals surface area contributed by atoms with Crippen LogP contribution in [0.3, 0.4) is 0 Å². The second kappa shape index (κ2) is 6.09. The van der Waals surface area contributed by atoms with Crippen LogP contribution in [0.5, 0.6) is 0 Å². The molecule has 2 N–H and O–H groups in total. The molecule has 0 radical (unpaired) electrons. The maximum absolute atomic E-state index is 12.1. The van der Waals surface area contributed by atoms with Crippen LogP contribution in [0.25, 0.3) is 0 Å². The molecule has 1 atom stereocenters. The average molecular weight is 288 g/mol. The van der Waals surface area contributed by atoms with E-state index >= 15 is 0 Å². The van der Waals surface area contributed by atoms with E-state index in [0.717, 1.165) is 31.8 Å². The van der Waals surface area contributed by atoms with E-state index in [2.05, 4.69) is 25.2 Å². The number of aryl methyl sites for hydroxylation is 1. The van der Waals surface area contributed by atoms with Gasteiger partial charge in [-0.2, -0.15) is 0 Å². The minimum Gasteiger partial charge on any atom is -0.350 e. The third kappa shape index (κ3) is 3.13. The lowest BCUT2D eigenvalue weighted by molar-refractivity contribution is 0.415. The van der Waals surface area contributed by atoms with Gasteiger partial charge in [0.15, 0.2) is 5.82 Å². The summed E-state index contributed by atoms with van der Waals surface area (Å²) in [4.78, 5) is 25.8. The summed E-state index contributed by atoms with van der Waals surface area (Å²) in [5, 5.41) is 3.49. The molecular formula is C14H20N6O. The van der Waals surface area contributed by atoms with Crippen LogP contribution in [0.2, 0.25) is 0 Å². The predicted octanol–water partition coefficient (Wildman–Crippen LogP) is 0.262. The van der Waals surface area contributed by atoms with Gasteiger partial charge in [-0.25, -0.2) is 9.97 Å². The van der Waals surface area contributed by atoms with Crippen molar-refractivity contribution < 1.29 is 0 Å². The lowest BCUT2D eigenvalue weighted by Gasteiger charge is -2.33. The van der Waals surface area contributed by atoms with E-state index in [1.54, 1.807) is 30.2 Å². The summed E-state index contributed by atoms with van der Waals surface area (Å²) in [6, 6.07) is 0.343. The van der Waals surface area contributed by atoms with Crippen LogP contribution < -0.4 is 15.8 Å². The Kier molecular flexibility index (Phi) is 4.01. The summed E-state index contributed by atoms with van der Waals surface area (Å²) < 4.78 is 1.57. The van der Waals surface area contributed by atoms with Crippen molar-refractivity contribution in [3.8, 4) is 0 Å². The van der Waals surface area contributed by atoms with E-state index < -0.39 is 0 Å². The number of imidazole rings is 1. The maximum atomic E-state index is 12.1. The molecule has 112 valence electrons. The van der Waals surface area contributed by atoms with Gasteiger partial charge in [-0.1, -0.05) is 0 Å². The van der Waals surface area contributed by atoms with Crippen LogP contribution in [-0.4, -0.2) is 38.7 Å². The molecule has 0 saturated carbocycles. The van der Waals surface area contributed by atoms with Gasteiger partial charge in [0.1, 0.15) is 5.82 Å². The van der Waals surface area contributed by atoms with Gasteiger partial charge in [0.2, 0.25) is 0 Å². The Bertz CT molecular complexity index is 635. The van der Waals surface area contributed by atoms with Crippen molar-refractivity contribution in [1.82, 2.24) is 24.8 Å². The molecule has 0 aliphatic carbocycles. The standard InChI is InChI=1S/C14H20N6O/c1-19-8-6-17-13(14(19)21)20-7-2-3-11(10-20)18-9-12-15-4-5-16-12/h4-6,8,11,18H,2-3,7,9-10H2,1H3,(H,15,16). The highest BCUT2D eigenvalue weighted by molar-refractivity contribution is 5.36. The molecule has 0 spiro atoms. The summed E-state index contributed by atoms with van der Waals surface area (Å²) in [6.07, 6.45) is 9.09. The molecule has 7 nitrogen and oxygen atoms in total. The van der Waals surface area contributed by atoms with Gasteiger partial charge in [-0.15, -0.1) is 0 Å². The lowest BCUT2D eigenvalue weighted by atomic mass is 10.1. The molecule has 0 aromatic carbocycles. The highest BCUT2D eigenvalue weighted by Crippen LogP contribution is 2.14. The third-order valence-electron chi connectivity index (χ3n) is 3.83. The number of rotatable bonds is 4. The number of piperidine rings is 1. The third-order valence-corrected chi connectivity index (χ3v) is 3.83. The molecule has 1 saturated heterocycles. The molecule has 21 heavy (non-hydrogen) atoms. The molecule has 0 amide bonds. The molecule has 3 heterocycles. The van der Waals surface area contributed by atoms with Crippen LogP contribution >= 0.6 is 0 Å². The van der Waals surface area contributed by atoms with Gasteiger partial charge in [-0.3, -0.25) is 4.79 Å². The first-order valence-corrected chi connectivity index (χ1v) is 7.22. The zero-order valence-electron chi connectivity index (χ0n) is 12.1. The summed E-state index contributed by atoms with van der Waals surface area (Å²) in [5.74, 6) is 1.48. The predicted molar refractivity (Wildman–Crippen MR) is 80.1 cm³/mol. The second-order valence-corrected chi connectivity index (χ2v) is 5.37. The van der Waals surface area contributed by atoms with Crippen molar-refractivity contribution in [2.75, 3.05) is 18.0 Å². The quantitative estimate of drug-likeness (QED) is 0.844. The fraction of sp³-hybridized carbons (Fsp3) is 0.500. The number of aromatic amines is 1. The monoisotopic (exact) mass is 288 g/mol. The molecule has 2 aromatic heterocycles. The zero-order chi connectivity index (χ0) is 14.7. The lowest BCUT2D eigenvalue weighted by Crippen LogP contribution is -2.47. The van der Waals surface area contributed by atoms with Gasteiger partial charge in [-0.05, 0) is 12.8 Å². The summed E-state index contributed by atoms with van der Waals surface area (Å²) in [6.45, 7) is 2.39. The number of anilines is 1. The number of H-pyrrole nitrogens is 1. The Balaban J connectivity index is 1.65. The molecular weight excluding hydrogens is 268 g/mol. The Labute approximate surface area is 123 Å². The van der Waals surface area contributed by atoms with Crippen molar-refractivity contribution in [2.24, 2.45) is 7.05 Å². The van der Waals surface area contributed by atoms with Gasteiger partial charge in [0, 0.05) is 51.0 Å². The number of nitrogens with zero attached hydrogens (tertiary/aromatic N) is 4. The van der Waals surface area contributed by atoms with Crippen LogP contribution in [0, 0.1) is 0 Å². The Hall–Kier alpha value is -2.15. The first-order valence-electron chi connectivity index (χ1n) is 7.22. The summed E-state index contributed by atoms with van der Waals surface area (Å²) in [5.41, 5.74) is -0.0378. The Morgan fingerprint density at radius 3 is 3.14 bits per heavy atom. The minimum absolute atomic E-state index is 0.0378. The van der Waals surface area contributed by atoms with E-state index in [4.69, 9.17) is 0 Å². The van der Waals surface area contributed by atoms with Crippen molar-refractivity contribution in [3.63, 3.8) is 0 Å².